The van der Waals surface area contributed by atoms with Gasteiger partial charge in [-0.25, -0.2) is 0 Å². The van der Waals surface area contributed by atoms with Crippen molar-refractivity contribution < 1.29 is 14.4 Å². The van der Waals surface area contributed by atoms with Gasteiger partial charge in [-0.1, -0.05) is 6.92 Å². The van der Waals surface area contributed by atoms with Crippen LogP contribution in [0.1, 0.15) is 33.1 Å². The van der Waals surface area contributed by atoms with E-state index in [-0.39, 0.29) is 35.1 Å². The SMILES string of the molecule is CC(=O)C1=C2C(NC1=O)C(C)CCN2C(=O)CCCN. The van der Waals surface area contributed by atoms with E-state index < -0.39 is 0 Å². The van der Waals surface area contributed by atoms with Crippen LogP contribution in [0.3, 0.4) is 0 Å². The second-order valence-corrected chi connectivity index (χ2v) is 5.47. The molecule has 0 aromatic heterocycles. The van der Waals surface area contributed by atoms with Crippen LogP contribution in [0, 0.1) is 5.92 Å². The number of carbonyl (C=O) groups is 3. The lowest BCUT2D eigenvalue weighted by molar-refractivity contribution is -0.130. The summed E-state index contributed by atoms with van der Waals surface area (Å²) in [6.45, 7) is 4.40. The number of fused-ring (bicyclic) bond motifs is 1. The van der Waals surface area contributed by atoms with Crippen molar-refractivity contribution in [2.45, 2.75) is 39.2 Å². The lowest BCUT2D eigenvalue weighted by Crippen LogP contribution is -2.47. The van der Waals surface area contributed by atoms with Gasteiger partial charge in [-0.3, -0.25) is 14.4 Å². The summed E-state index contributed by atoms with van der Waals surface area (Å²) in [6.07, 6.45) is 1.77. The van der Waals surface area contributed by atoms with Gasteiger partial charge in [0.25, 0.3) is 5.91 Å². The molecule has 1 fully saturated rings. The molecule has 2 rings (SSSR count). The summed E-state index contributed by atoms with van der Waals surface area (Å²) in [4.78, 5) is 37.6. The van der Waals surface area contributed by atoms with Gasteiger partial charge < -0.3 is 16.0 Å². The number of piperidine rings is 1. The van der Waals surface area contributed by atoms with Crippen LogP contribution in [0.5, 0.6) is 0 Å². The zero-order valence-electron chi connectivity index (χ0n) is 11.9. The van der Waals surface area contributed by atoms with Crippen molar-refractivity contribution in [1.82, 2.24) is 10.2 Å². The van der Waals surface area contributed by atoms with Crippen LogP contribution in [0.2, 0.25) is 0 Å². The third-order valence-electron chi connectivity index (χ3n) is 3.98. The van der Waals surface area contributed by atoms with Gasteiger partial charge in [0.15, 0.2) is 5.78 Å². The Hall–Kier alpha value is -1.69. The standard InChI is InChI=1S/C14H21N3O3/c1-8-5-7-17(10(19)4-3-6-15)13-11(9(2)18)14(20)16-12(8)13/h8,12H,3-7,15H2,1-2H3,(H,16,20). The second-order valence-electron chi connectivity index (χ2n) is 5.47. The number of hydrogen-bond acceptors (Lipinski definition) is 4. The maximum Gasteiger partial charge on any atom is 0.257 e. The van der Waals surface area contributed by atoms with E-state index in [1.165, 1.54) is 6.92 Å². The molecule has 2 heterocycles. The quantitative estimate of drug-likeness (QED) is 0.705. The zero-order valence-corrected chi connectivity index (χ0v) is 11.9. The van der Waals surface area contributed by atoms with Crippen LogP contribution in [0.4, 0.5) is 0 Å². The molecule has 6 heteroatoms. The minimum atomic E-state index is -0.358. The molecule has 0 spiro atoms. The number of rotatable bonds is 4. The number of amides is 2. The van der Waals surface area contributed by atoms with E-state index in [0.29, 0.717) is 31.6 Å². The molecular formula is C14H21N3O3. The van der Waals surface area contributed by atoms with Gasteiger partial charge in [0.2, 0.25) is 5.91 Å². The van der Waals surface area contributed by atoms with Crippen molar-refractivity contribution in [3.8, 4) is 0 Å². The summed E-state index contributed by atoms with van der Waals surface area (Å²) in [7, 11) is 0. The number of ketones is 1. The van der Waals surface area contributed by atoms with Gasteiger partial charge >= 0.3 is 0 Å². The second kappa shape index (κ2) is 5.75. The van der Waals surface area contributed by atoms with Gasteiger partial charge in [0, 0.05) is 13.0 Å². The van der Waals surface area contributed by atoms with Crippen molar-refractivity contribution in [1.29, 1.82) is 0 Å². The molecule has 0 bridgehead atoms. The first kappa shape index (κ1) is 14.7. The number of hydrogen-bond donors (Lipinski definition) is 2. The molecule has 2 atom stereocenters. The Balaban J connectivity index is 2.35. The largest absolute Gasteiger partial charge is 0.343 e. The van der Waals surface area contributed by atoms with Crippen LogP contribution in [0.15, 0.2) is 11.3 Å². The Morgan fingerprint density at radius 2 is 2.15 bits per heavy atom. The molecule has 3 N–H and O–H groups in total. The number of nitrogens with one attached hydrogen (secondary N) is 1. The van der Waals surface area contributed by atoms with E-state index >= 15 is 0 Å². The minimum absolute atomic E-state index is 0.0578. The first-order valence-corrected chi connectivity index (χ1v) is 7.03. The van der Waals surface area contributed by atoms with E-state index in [4.69, 9.17) is 5.73 Å². The summed E-state index contributed by atoms with van der Waals surface area (Å²) < 4.78 is 0. The Morgan fingerprint density at radius 1 is 1.45 bits per heavy atom. The topological polar surface area (TPSA) is 92.5 Å². The molecule has 0 aromatic rings. The highest BCUT2D eigenvalue weighted by Crippen LogP contribution is 2.33. The van der Waals surface area contributed by atoms with Crippen molar-refractivity contribution in [2.75, 3.05) is 13.1 Å². The van der Waals surface area contributed by atoms with Gasteiger partial charge in [0.05, 0.1) is 11.7 Å². The predicted molar refractivity (Wildman–Crippen MR) is 73.4 cm³/mol. The lowest BCUT2D eigenvalue weighted by Gasteiger charge is -2.37. The van der Waals surface area contributed by atoms with Crippen molar-refractivity contribution in [2.24, 2.45) is 11.7 Å². The van der Waals surface area contributed by atoms with E-state index in [2.05, 4.69) is 5.32 Å². The minimum Gasteiger partial charge on any atom is -0.343 e. The van der Waals surface area contributed by atoms with Crippen molar-refractivity contribution in [3.05, 3.63) is 11.3 Å². The number of nitrogens with zero attached hydrogens (tertiary/aromatic N) is 1. The lowest BCUT2D eigenvalue weighted by atomic mass is 9.89. The molecule has 2 aliphatic heterocycles. The monoisotopic (exact) mass is 279 g/mol. The van der Waals surface area contributed by atoms with Crippen LogP contribution in [0.25, 0.3) is 0 Å². The summed E-state index contributed by atoms with van der Waals surface area (Å²) >= 11 is 0. The Morgan fingerprint density at radius 3 is 2.75 bits per heavy atom. The number of likely N-dealkylation sites (tertiary alicyclic amines) is 1. The predicted octanol–water partition coefficient (Wildman–Crippen LogP) is -0.0648. The van der Waals surface area contributed by atoms with E-state index in [9.17, 15) is 14.4 Å². The fraction of sp³-hybridized carbons (Fsp3) is 0.643. The molecule has 2 aliphatic rings. The summed E-state index contributed by atoms with van der Waals surface area (Å²) in [5.74, 6) is -0.476. The molecule has 20 heavy (non-hydrogen) atoms. The number of nitrogens with two attached hydrogens (primary N) is 1. The van der Waals surface area contributed by atoms with Crippen molar-refractivity contribution >= 4 is 17.6 Å². The van der Waals surface area contributed by atoms with Crippen LogP contribution in [-0.2, 0) is 14.4 Å². The smallest absolute Gasteiger partial charge is 0.257 e. The Kier molecular flexibility index (Phi) is 4.23. The number of carbonyl (C=O) groups excluding carboxylic acids is 3. The molecule has 0 aromatic carbocycles. The molecule has 110 valence electrons. The molecule has 2 unspecified atom stereocenters. The third-order valence-corrected chi connectivity index (χ3v) is 3.98. The van der Waals surface area contributed by atoms with Gasteiger partial charge in [-0.15, -0.1) is 0 Å². The maximum absolute atomic E-state index is 12.3. The molecule has 0 saturated carbocycles. The van der Waals surface area contributed by atoms with E-state index in [1.807, 2.05) is 6.92 Å². The highest BCUT2D eigenvalue weighted by molar-refractivity contribution is 6.21. The van der Waals surface area contributed by atoms with Crippen molar-refractivity contribution in [3.63, 3.8) is 0 Å². The van der Waals surface area contributed by atoms with Crippen LogP contribution >= 0.6 is 0 Å². The van der Waals surface area contributed by atoms with Crippen LogP contribution in [-0.4, -0.2) is 41.6 Å². The first-order valence-electron chi connectivity index (χ1n) is 7.03. The van der Waals surface area contributed by atoms with Gasteiger partial charge in [-0.05, 0) is 32.2 Å². The highest BCUT2D eigenvalue weighted by atomic mass is 16.2. The van der Waals surface area contributed by atoms with E-state index in [0.717, 1.165) is 6.42 Å². The zero-order chi connectivity index (χ0) is 14.9. The fourth-order valence-electron chi connectivity index (χ4n) is 2.88. The summed E-state index contributed by atoms with van der Waals surface area (Å²) in [6, 6.07) is -0.225. The Bertz CT molecular complexity index is 484. The van der Waals surface area contributed by atoms with E-state index in [1.54, 1.807) is 4.90 Å². The first-order chi connectivity index (χ1) is 9.47. The van der Waals surface area contributed by atoms with Gasteiger partial charge in [-0.2, -0.15) is 0 Å². The normalized spacial score (nSPS) is 25.6. The molecular weight excluding hydrogens is 258 g/mol. The molecule has 1 saturated heterocycles. The molecule has 0 radical (unpaired) electrons. The maximum atomic E-state index is 12.3. The van der Waals surface area contributed by atoms with Crippen LogP contribution < -0.4 is 11.1 Å². The number of Topliss-reactive ketones (excluding diaryl/α,β-unsaturated/α-hetero) is 1. The molecule has 6 nitrogen and oxygen atoms in total. The average Bonchev–Trinajstić information content (AvgIpc) is 2.74. The van der Waals surface area contributed by atoms with Gasteiger partial charge in [0.1, 0.15) is 5.57 Å². The molecule has 0 aliphatic carbocycles. The molecule has 2 amide bonds. The summed E-state index contributed by atoms with van der Waals surface area (Å²) in [5, 5.41) is 2.83. The highest BCUT2D eigenvalue weighted by Gasteiger charge is 2.43. The fourth-order valence-corrected chi connectivity index (χ4v) is 2.88. The summed E-state index contributed by atoms with van der Waals surface area (Å²) in [5.41, 5.74) is 6.14. The average molecular weight is 279 g/mol. The third kappa shape index (κ3) is 2.47. The Labute approximate surface area is 118 Å².